The van der Waals surface area contributed by atoms with Crippen molar-refractivity contribution in [1.29, 1.82) is 0 Å². The highest BCUT2D eigenvalue weighted by Crippen LogP contribution is 2.27. The number of guanidine groups is 1. The van der Waals surface area contributed by atoms with Gasteiger partial charge < -0.3 is 16.0 Å². The molecule has 1 aromatic carbocycles. The van der Waals surface area contributed by atoms with Gasteiger partial charge in [0.2, 0.25) is 5.95 Å². The van der Waals surface area contributed by atoms with Crippen LogP contribution in [0.15, 0.2) is 35.5 Å². The molecule has 0 spiro atoms. The van der Waals surface area contributed by atoms with Gasteiger partial charge in [-0.15, -0.1) is 24.0 Å². The van der Waals surface area contributed by atoms with Gasteiger partial charge in [-0.2, -0.15) is 13.2 Å². The Morgan fingerprint density at radius 3 is 2.53 bits per heavy atom. The van der Waals surface area contributed by atoms with Crippen molar-refractivity contribution in [2.45, 2.75) is 26.1 Å². The van der Waals surface area contributed by atoms with Crippen LogP contribution in [-0.4, -0.2) is 35.6 Å². The predicted molar refractivity (Wildman–Crippen MR) is 115 cm³/mol. The normalized spacial score (nSPS) is 12.7. The van der Waals surface area contributed by atoms with E-state index >= 15 is 0 Å². The minimum Gasteiger partial charge on any atom is -0.357 e. The predicted octanol–water partition coefficient (Wildman–Crippen LogP) is 4.12. The van der Waals surface area contributed by atoms with Crippen molar-refractivity contribution in [2.24, 2.45) is 4.99 Å². The van der Waals surface area contributed by atoms with Crippen LogP contribution in [0, 0.1) is 11.6 Å². The molecule has 3 N–H and O–H groups in total. The van der Waals surface area contributed by atoms with Gasteiger partial charge in [0.05, 0.1) is 12.6 Å². The van der Waals surface area contributed by atoms with Gasteiger partial charge in [-0.3, -0.25) is 4.99 Å². The number of rotatable bonds is 7. The largest absolute Gasteiger partial charge is 0.433 e. The molecule has 0 bridgehead atoms. The number of aromatic nitrogens is 2. The third-order valence-electron chi connectivity index (χ3n) is 3.75. The first-order valence-corrected chi connectivity index (χ1v) is 8.84. The third kappa shape index (κ3) is 7.88. The molecule has 0 aliphatic carbocycles. The molecule has 30 heavy (non-hydrogen) atoms. The smallest absolute Gasteiger partial charge is 0.357 e. The first-order valence-electron chi connectivity index (χ1n) is 8.84. The number of hydrogen-bond acceptors (Lipinski definition) is 4. The lowest BCUT2D eigenvalue weighted by Gasteiger charge is -2.18. The Labute approximate surface area is 187 Å². The van der Waals surface area contributed by atoms with E-state index in [1.54, 1.807) is 6.92 Å². The van der Waals surface area contributed by atoms with Gasteiger partial charge in [-0.05, 0) is 37.6 Å². The summed E-state index contributed by atoms with van der Waals surface area (Å²) >= 11 is 0. The quantitative estimate of drug-likeness (QED) is 0.161. The van der Waals surface area contributed by atoms with E-state index in [1.165, 1.54) is 6.07 Å². The maximum atomic E-state index is 13.4. The minimum absolute atomic E-state index is 0. The average Bonchev–Trinajstić information content (AvgIpc) is 2.67. The SMILES string of the molecule is CCNC(=NCCNc1nccc(C(F)(F)F)n1)NC(C)c1ccc(F)c(F)c1.I. The van der Waals surface area contributed by atoms with Crippen molar-refractivity contribution in [3.8, 4) is 0 Å². The second-order valence-electron chi connectivity index (χ2n) is 5.99. The highest BCUT2D eigenvalue weighted by Gasteiger charge is 2.32. The fourth-order valence-corrected chi connectivity index (χ4v) is 2.33. The molecule has 1 aromatic heterocycles. The number of alkyl halides is 3. The number of hydrogen-bond donors (Lipinski definition) is 3. The highest BCUT2D eigenvalue weighted by atomic mass is 127. The van der Waals surface area contributed by atoms with Crippen molar-refractivity contribution >= 4 is 35.9 Å². The van der Waals surface area contributed by atoms with Gasteiger partial charge in [0.1, 0.15) is 5.69 Å². The molecule has 2 aromatic rings. The maximum Gasteiger partial charge on any atom is 0.433 e. The van der Waals surface area contributed by atoms with Gasteiger partial charge in [0, 0.05) is 19.3 Å². The second kappa shape index (κ2) is 11.8. The molecule has 6 nitrogen and oxygen atoms in total. The molecule has 12 heteroatoms. The maximum absolute atomic E-state index is 13.4. The summed E-state index contributed by atoms with van der Waals surface area (Å²) in [6, 6.07) is 4.04. The van der Waals surface area contributed by atoms with Gasteiger partial charge in [0.25, 0.3) is 0 Å². The number of nitrogens with one attached hydrogen (secondary N) is 3. The zero-order valence-electron chi connectivity index (χ0n) is 16.2. The summed E-state index contributed by atoms with van der Waals surface area (Å²) in [4.78, 5) is 11.4. The molecule has 1 heterocycles. The Morgan fingerprint density at radius 2 is 1.90 bits per heavy atom. The molecule has 0 radical (unpaired) electrons. The van der Waals surface area contributed by atoms with Crippen LogP contribution in [0.25, 0.3) is 0 Å². The van der Waals surface area contributed by atoms with Crippen LogP contribution in [0.1, 0.15) is 31.1 Å². The molecule has 0 fully saturated rings. The lowest BCUT2D eigenvalue weighted by Crippen LogP contribution is -2.39. The van der Waals surface area contributed by atoms with Crippen LogP contribution < -0.4 is 16.0 Å². The van der Waals surface area contributed by atoms with Crippen LogP contribution in [-0.2, 0) is 6.18 Å². The van der Waals surface area contributed by atoms with E-state index < -0.39 is 23.5 Å². The Balaban J connectivity index is 0.00000450. The van der Waals surface area contributed by atoms with E-state index in [0.29, 0.717) is 18.1 Å². The third-order valence-corrected chi connectivity index (χ3v) is 3.75. The van der Waals surface area contributed by atoms with Gasteiger partial charge in [0.15, 0.2) is 17.6 Å². The Hall–Kier alpha value is -2.25. The molecular formula is C18H22F5IN6. The van der Waals surface area contributed by atoms with Gasteiger partial charge in [-0.1, -0.05) is 6.07 Å². The zero-order chi connectivity index (χ0) is 21.4. The summed E-state index contributed by atoms with van der Waals surface area (Å²) in [5, 5.41) is 8.73. The van der Waals surface area contributed by atoms with Crippen molar-refractivity contribution in [2.75, 3.05) is 25.0 Å². The van der Waals surface area contributed by atoms with Crippen LogP contribution in [0.2, 0.25) is 0 Å². The van der Waals surface area contributed by atoms with Gasteiger partial charge >= 0.3 is 6.18 Å². The molecule has 166 valence electrons. The molecule has 2 rings (SSSR count). The molecular weight excluding hydrogens is 522 g/mol. The monoisotopic (exact) mass is 544 g/mol. The van der Waals surface area contributed by atoms with Crippen LogP contribution in [0.5, 0.6) is 0 Å². The van der Waals surface area contributed by atoms with E-state index in [0.717, 1.165) is 24.4 Å². The van der Waals surface area contributed by atoms with Crippen molar-refractivity contribution < 1.29 is 22.0 Å². The molecule has 0 aliphatic heterocycles. The number of anilines is 1. The first kappa shape index (κ1) is 25.8. The van der Waals surface area contributed by atoms with E-state index in [1.807, 2.05) is 6.92 Å². The van der Waals surface area contributed by atoms with E-state index in [9.17, 15) is 22.0 Å². The molecule has 0 saturated carbocycles. The first-order chi connectivity index (χ1) is 13.7. The Bertz CT molecular complexity index is 846. The summed E-state index contributed by atoms with van der Waals surface area (Å²) < 4.78 is 64.4. The van der Waals surface area contributed by atoms with Crippen LogP contribution >= 0.6 is 24.0 Å². The Morgan fingerprint density at radius 1 is 1.17 bits per heavy atom. The van der Waals surface area contributed by atoms with E-state index in [2.05, 4.69) is 30.9 Å². The van der Waals surface area contributed by atoms with E-state index in [4.69, 9.17) is 0 Å². The minimum atomic E-state index is -4.55. The summed E-state index contributed by atoms with van der Waals surface area (Å²) in [5.74, 6) is -1.60. The lowest BCUT2D eigenvalue weighted by molar-refractivity contribution is -0.141. The van der Waals surface area contributed by atoms with Crippen LogP contribution in [0.4, 0.5) is 27.9 Å². The summed E-state index contributed by atoms with van der Waals surface area (Å²) in [7, 11) is 0. The molecule has 1 unspecified atom stereocenters. The number of halogens is 6. The fourth-order valence-electron chi connectivity index (χ4n) is 2.33. The highest BCUT2D eigenvalue weighted by molar-refractivity contribution is 14.0. The second-order valence-corrected chi connectivity index (χ2v) is 5.99. The fraction of sp³-hybridized carbons (Fsp3) is 0.389. The van der Waals surface area contributed by atoms with Crippen LogP contribution in [0.3, 0.4) is 0 Å². The zero-order valence-corrected chi connectivity index (χ0v) is 18.6. The van der Waals surface area contributed by atoms with Crippen molar-refractivity contribution in [3.63, 3.8) is 0 Å². The van der Waals surface area contributed by atoms with Crippen molar-refractivity contribution in [1.82, 2.24) is 20.6 Å². The molecule has 1 atom stereocenters. The summed E-state index contributed by atoms with van der Waals surface area (Å²) in [5.41, 5.74) is -0.501. The Kier molecular flexibility index (Phi) is 10.2. The summed E-state index contributed by atoms with van der Waals surface area (Å²) in [6.07, 6.45) is -3.52. The number of nitrogens with zero attached hydrogens (tertiary/aromatic N) is 3. The van der Waals surface area contributed by atoms with E-state index in [-0.39, 0.29) is 49.1 Å². The summed E-state index contributed by atoms with van der Waals surface area (Å²) in [6.45, 7) is 4.57. The van der Waals surface area contributed by atoms with Gasteiger partial charge in [-0.25, -0.2) is 18.7 Å². The molecule has 0 saturated heterocycles. The van der Waals surface area contributed by atoms with Crippen molar-refractivity contribution in [3.05, 3.63) is 53.4 Å². The molecule has 0 aliphatic rings. The topological polar surface area (TPSA) is 74.2 Å². The number of aliphatic imine (C=N–C) groups is 1. The number of benzene rings is 1. The standard InChI is InChI=1S/C18H21F5N6.HI/c1-3-24-16(28-11(2)12-4-5-13(19)14(20)10-12)26-8-9-27-17-25-7-6-15(29-17)18(21,22)23;/h4-7,10-11H,3,8-9H2,1-2H3,(H2,24,26,28)(H,25,27,29);1H. The lowest BCUT2D eigenvalue weighted by atomic mass is 10.1. The molecule has 0 amide bonds. The average molecular weight is 544 g/mol.